The summed E-state index contributed by atoms with van der Waals surface area (Å²) < 4.78 is 0. The maximum absolute atomic E-state index is 12.0. The number of hydrogen-bond donors (Lipinski definition) is 2. The molecule has 7 nitrogen and oxygen atoms in total. The zero-order valence-electron chi connectivity index (χ0n) is 12.9. The molecule has 0 spiro atoms. The van der Waals surface area contributed by atoms with E-state index < -0.39 is 4.92 Å². The number of nitrogens with zero attached hydrogens (tertiary/aromatic N) is 2. The Balaban J connectivity index is 0.00000242. The molecule has 0 bridgehead atoms. The molecular weight excluding hydrogens is 343 g/mol. The highest BCUT2D eigenvalue weighted by Crippen LogP contribution is 2.25. The predicted molar refractivity (Wildman–Crippen MR) is 94.9 cm³/mol. The van der Waals surface area contributed by atoms with Crippen LogP contribution in [0.25, 0.3) is 0 Å². The Morgan fingerprint density at radius 2 is 2.00 bits per heavy atom. The number of piperazine rings is 1. The number of nitrogens with one attached hydrogen (secondary N) is 2. The van der Waals surface area contributed by atoms with E-state index >= 15 is 0 Å². The standard InChI is InChI=1S/C14H20N4O3.2ClH/c1-11-12(3-2-4-13(11)18(20)21)16-14(19)5-8-17-9-6-15-7-10-17;;/h2-4,15H,5-10H2,1H3,(H,16,19);2*1H. The number of rotatable bonds is 5. The lowest BCUT2D eigenvalue weighted by molar-refractivity contribution is -0.385. The number of halogens is 2. The molecule has 9 heteroatoms. The van der Waals surface area contributed by atoms with Gasteiger partial charge in [0.1, 0.15) is 0 Å². The van der Waals surface area contributed by atoms with Crippen molar-refractivity contribution in [3.05, 3.63) is 33.9 Å². The number of benzene rings is 1. The van der Waals surface area contributed by atoms with Gasteiger partial charge in [0, 0.05) is 45.2 Å². The van der Waals surface area contributed by atoms with Crippen LogP contribution in [0.15, 0.2) is 18.2 Å². The molecule has 1 aromatic rings. The molecular formula is C14H22Cl2N4O3. The van der Waals surface area contributed by atoms with Crippen molar-refractivity contribution in [1.82, 2.24) is 10.2 Å². The minimum Gasteiger partial charge on any atom is -0.326 e. The second kappa shape index (κ2) is 10.4. The quantitative estimate of drug-likeness (QED) is 0.616. The molecule has 1 aliphatic rings. The Labute approximate surface area is 147 Å². The maximum Gasteiger partial charge on any atom is 0.274 e. The maximum atomic E-state index is 12.0. The fourth-order valence-corrected chi connectivity index (χ4v) is 2.36. The van der Waals surface area contributed by atoms with E-state index in [1.807, 2.05) is 0 Å². The number of carbonyl (C=O) groups excluding carboxylic acids is 1. The average molecular weight is 365 g/mol. The molecule has 0 atom stereocenters. The van der Waals surface area contributed by atoms with Crippen molar-refractivity contribution in [3.8, 4) is 0 Å². The molecule has 0 aliphatic carbocycles. The molecule has 2 N–H and O–H groups in total. The Morgan fingerprint density at radius 3 is 2.61 bits per heavy atom. The van der Waals surface area contributed by atoms with E-state index in [2.05, 4.69) is 15.5 Å². The van der Waals surface area contributed by atoms with Crippen LogP contribution in [0.3, 0.4) is 0 Å². The number of carbonyl (C=O) groups is 1. The van der Waals surface area contributed by atoms with Gasteiger partial charge in [0.25, 0.3) is 5.69 Å². The van der Waals surface area contributed by atoms with Crippen molar-refractivity contribution < 1.29 is 9.72 Å². The monoisotopic (exact) mass is 364 g/mol. The summed E-state index contributed by atoms with van der Waals surface area (Å²) in [6, 6.07) is 4.70. The summed E-state index contributed by atoms with van der Waals surface area (Å²) in [5.41, 5.74) is 1.02. The molecule has 0 saturated carbocycles. The Morgan fingerprint density at radius 1 is 1.35 bits per heavy atom. The van der Waals surface area contributed by atoms with Crippen LogP contribution < -0.4 is 10.6 Å². The van der Waals surface area contributed by atoms with Gasteiger partial charge >= 0.3 is 0 Å². The van der Waals surface area contributed by atoms with E-state index in [0.717, 1.165) is 26.2 Å². The van der Waals surface area contributed by atoms with Crippen LogP contribution in [0.1, 0.15) is 12.0 Å². The van der Waals surface area contributed by atoms with Gasteiger partial charge in [-0.05, 0) is 13.0 Å². The van der Waals surface area contributed by atoms with Gasteiger partial charge in [0.2, 0.25) is 5.91 Å². The molecule has 1 saturated heterocycles. The minimum absolute atomic E-state index is 0. The van der Waals surface area contributed by atoms with Gasteiger partial charge in [-0.1, -0.05) is 6.07 Å². The molecule has 0 unspecified atom stereocenters. The molecule has 0 aromatic heterocycles. The number of hydrogen-bond acceptors (Lipinski definition) is 5. The first kappa shape index (κ1) is 21.6. The summed E-state index contributed by atoms with van der Waals surface area (Å²) >= 11 is 0. The highest BCUT2D eigenvalue weighted by Gasteiger charge is 2.16. The van der Waals surface area contributed by atoms with Crippen LogP contribution in [-0.2, 0) is 4.79 Å². The first-order valence-corrected chi connectivity index (χ1v) is 7.05. The summed E-state index contributed by atoms with van der Waals surface area (Å²) in [6.45, 7) is 6.15. The second-order valence-electron chi connectivity index (χ2n) is 5.10. The van der Waals surface area contributed by atoms with Crippen molar-refractivity contribution in [2.24, 2.45) is 0 Å². The Hall–Kier alpha value is -1.41. The lowest BCUT2D eigenvalue weighted by Gasteiger charge is -2.26. The normalized spacial score (nSPS) is 14.3. The van der Waals surface area contributed by atoms with Crippen molar-refractivity contribution >= 4 is 42.1 Å². The van der Waals surface area contributed by atoms with Crippen molar-refractivity contribution in [1.29, 1.82) is 0 Å². The summed E-state index contributed by atoms with van der Waals surface area (Å²) in [5.74, 6) is -0.114. The first-order valence-electron chi connectivity index (χ1n) is 7.05. The van der Waals surface area contributed by atoms with E-state index in [0.29, 0.717) is 24.2 Å². The smallest absolute Gasteiger partial charge is 0.274 e. The molecule has 1 fully saturated rings. The van der Waals surface area contributed by atoms with Crippen molar-refractivity contribution in [2.45, 2.75) is 13.3 Å². The molecule has 1 amide bonds. The number of anilines is 1. The predicted octanol–water partition coefficient (Wildman–Crippen LogP) is 1.98. The van der Waals surface area contributed by atoms with E-state index in [1.54, 1.807) is 19.1 Å². The molecule has 1 aliphatic heterocycles. The van der Waals surface area contributed by atoms with Gasteiger partial charge < -0.3 is 15.5 Å². The van der Waals surface area contributed by atoms with Crippen molar-refractivity contribution in [2.75, 3.05) is 38.0 Å². The van der Waals surface area contributed by atoms with E-state index in [1.165, 1.54) is 6.07 Å². The highest BCUT2D eigenvalue weighted by atomic mass is 35.5. The van der Waals surface area contributed by atoms with Gasteiger partial charge in [0.05, 0.1) is 16.2 Å². The van der Waals surface area contributed by atoms with Crippen LogP contribution >= 0.6 is 24.8 Å². The number of nitro groups is 1. The second-order valence-corrected chi connectivity index (χ2v) is 5.10. The van der Waals surface area contributed by atoms with Gasteiger partial charge in [0.15, 0.2) is 0 Å². The van der Waals surface area contributed by atoms with Crippen LogP contribution in [0.5, 0.6) is 0 Å². The van der Waals surface area contributed by atoms with Crippen LogP contribution in [0.4, 0.5) is 11.4 Å². The average Bonchev–Trinajstić information content (AvgIpc) is 2.48. The molecule has 23 heavy (non-hydrogen) atoms. The van der Waals surface area contributed by atoms with Crippen LogP contribution in [-0.4, -0.2) is 48.5 Å². The number of amides is 1. The third-order valence-electron chi connectivity index (χ3n) is 3.64. The van der Waals surface area contributed by atoms with Gasteiger partial charge in [-0.15, -0.1) is 24.8 Å². The third-order valence-corrected chi connectivity index (χ3v) is 3.64. The van der Waals surface area contributed by atoms with Gasteiger partial charge in [-0.25, -0.2) is 0 Å². The van der Waals surface area contributed by atoms with Gasteiger partial charge in [-0.3, -0.25) is 14.9 Å². The summed E-state index contributed by atoms with van der Waals surface area (Å²) in [6.07, 6.45) is 0.391. The fraction of sp³-hybridized carbons (Fsp3) is 0.500. The number of nitro benzene ring substituents is 1. The summed E-state index contributed by atoms with van der Waals surface area (Å²) in [5, 5.41) is 16.9. The lowest BCUT2D eigenvalue weighted by atomic mass is 10.1. The highest BCUT2D eigenvalue weighted by molar-refractivity contribution is 5.92. The summed E-state index contributed by atoms with van der Waals surface area (Å²) in [4.78, 5) is 24.6. The fourth-order valence-electron chi connectivity index (χ4n) is 2.36. The lowest BCUT2D eigenvalue weighted by Crippen LogP contribution is -2.44. The molecule has 1 heterocycles. The van der Waals surface area contributed by atoms with Gasteiger partial charge in [-0.2, -0.15) is 0 Å². The largest absolute Gasteiger partial charge is 0.326 e. The zero-order valence-corrected chi connectivity index (χ0v) is 14.5. The van der Waals surface area contributed by atoms with Crippen LogP contribution in [0, 0.1) is 17.0 Å². The SMILES string of the molecule is Cc1c(NC(=O)CCN2CCNCC2)cccc1[N+](=O)[O-].Cl.Cl. The van der Waals surface area contributed by atoms with Crippen molar-refractivity contribution in [3.63, 3.8) is 0 Å². The topological polar surface area (TPSA) is 87.5 Å². The molecule has 0 radical (unpaired) electrons. The summed E-state index contributed by atoms with van der Waals surface area (Å²) in [7, 11) is 0. The van der Waals surface area contributed by atoms with Crippen LogP contribution in [0.2, 0.25) is 0 Å². The van der Waals surface area contributed by atoms with E-state index in [4.69, 9.17) is 0 Å². The zero-order chi connectivity index (χ0) is 15.2. The first-order chi connectivity index (χ1) is 10.1. The minimum atomic E-state index is -0.439. The third kappa shape index (κ3) is 6.31. The Bertz CT molecular complexity index is 537. The Kier molecular flexibility index (Phi) is 9.74. The van der Waals surface area contributed by atoms with E-state index in [-0.39, 0.29) is 36.4 Å². The van der Waals surface area contributed by atoms with E-state index in [9.17, 15) is 14.9 Å². The molecule has 1 aromatic carbocycles. The molecule has 130 valence electrons. The molecule has 2 rings (SSSR count).